The first kappa shape index (κ1) is 12.4. The number of halogens is 1. The van der Waals surface area contributed by atoms with Gasteiger partial charge in [-0.25, -0.2) is 0 Å². The van der Waals surface area contributed by atoms with Crippen molar-refractivity contribution in [3.63, 3.8) is 0 Å². The van der Waals surface area contributed by atoms with Crippen LogP contribution in [0.2, 0.25) is 0 Å². The molecule has 0 radical (unpaired) electrons. The molecule has 0 heterocycles. The normalized spacial score (nSPS) is 16.9. The first-order valence-electron chi connectivity index (χ1n) is 4.15. The monoisotopic (exact) mass is 200 g/mol. The average Bonchev–Trinajstić information content (AvgIpc) is 2.06. The highest BCUT2D eigenvalue weighted by Crippen LogP contribution is 2.19. The summed E-state index contributed by atoms with van der Waals surface area (Å²) in [6.45, 7) is 3.88. The number of hydrogen-bond donors (Lipinski definition) is 2. The second-order valence-electron chi connectivity index (χ2n) is 3.44. The van der Waals surface area contributed by atoms with E-state index < -0.39 is 5.54 Å². The molecule has 0 bridgehead atoms. The highest BCUT2D eigenvalue weighted by atomic mass is 35.5. The molecule has 0 aliphatic heterocycles. The largest absolute Gasteiger partial charge is 0.326 e. The van der Waals surface area contributed by atoms with Gasteiger partial charge in [0.1, 0.15) is 0 Å². The summed E-state index contributed by atoms with van der Waals surface area (Å²) in [5.74, 6) is 0. The van der Waals surface area contributed by atoms with Crippen LogP contribution in [0.15, 0.2) is 30.3 Å². The molecule has 3 heteroatoms. The van der Waals surface area contributed by atoms with Crippen molar-refractivity contribution in [2.45, 2.75) is 25.4 Å². The van der Waals surface area contributed by atoms with Crippen LogP contribution in [0.4, 0.5) is 0 Å². The van der Waals surface area contributed by atoms with Crippen molar-refractivity contribution in [3.05, 3.63) is 35.9 Å². The second-order valence-corrected chi connectivity index (χ2v) is 3.44. The van der Waals surface area contributed by atoms with Crippen molar-refractivity contribution in [2.75, 3.05) is 0 Å². The van der Waals surface area contributed by atoms with E-state index >= 15 is 0 Å². The molecule has 74 valence electrons. The predicted molar refractivity (Wildman–Crippen MR) is 58.9 cm³/mol. The molecule has 2 unspecified atom stereocenters. The molecule has 1 aromatic rings. The maximum Gasteiger partial charge on any atom is 0.0531 e. The maximum absolute atomic E-state index is 6.06. The van der Waals surface area contributed by atoms with Gasteiger partial charge in [-0.2, -0.15) is 0 Å². The van der Waals surface area contributed by atoms with Crippen molar-refractivity contribution in [3.8, 4) is 0 Å². The molecule has 0 fully saturated rings. The van der Waals surface area contributed by atoms with Gasteiger partial charge in [0.05, 0.1) is 5.54 Å². The molecular formula is C10H17ClN2. The Bertz CT molecular complexity index is 244. The summed E-state index contributed by atoms with van der Waals surface area (Å²) in [6.07, 6.45) is 0. The van der Waals surface area contributed by atoms with Crippen LogP contribution < -0.4 is 11.5 Å². The Balaban J connectivity index is 0.00000144. The second kappa shape index (κ2) is 4.61. The first-order valence-corrected chi connectivity index (χ1v) is 4.15. The minimum Gasteiger partial charge on any atom is -0.326 e. The van der Waals surface area contributed by atoms with Gasteiger partial charge in [-0.1, -0.05) is 30.3 Å². The van der Waals surface area contributed by atoms with Crippen molar-refractivity contribution < 1.29 is 0 Å². The van der Waals surface area contributed by atoms with Gasteiger partial charge < -0.3 is 11.5 Å². The van der Waals surface area contributed by atoms with Crippen molar-refractivity contribution in [2.24, 2.45) is 11.5 Å². The highest BCUT2D eigenvalue weighted by Gasteiger charge is 2.24. The standard InChI is InChI=1S/C10H16N2.ClH/c1-8(11)10(2,12)9-6-4-3-5-7-9;/h3-8H,11-12H2,1-2H3;1H. The summed E-state index contributed by atoms with van der Waals surface area (Å²) < 4.78 is 0. The van der Waals surface area contributed by atoms with Crippen LogP contribution in [0, 0.1) is 0 Å². The summed E-state index contributed by atoms with van der Waals surface area (Å²) in [7, 11) is 0. The van der Waals surface area contributed by atoms with E-state index in [-0.39, 0.29) is 18.4 Å². The van der Waals surface area contributed by atoms with Crippen LogP contribution in [0.1, 0.15) is 19.4 Å². The molecule has 0 aromatic heterocycles. The Morgan fingerprint density at radius 2 is 1.69 bits per heavy atom. The molecule has 0 spiro atoms. The fourth-order valence-electron chi connectivity index (χ4n) is 1.06. The Morgan fingerprint density at radius 1 is 1.23 bits per heavy atom. The van der Waals surface area contributed by atoms with E-state index in [0.29, 0.717) is 0 Å². The molecule has 0 saturated heterocycles. The molecule has 0 amide bonds. The van der Waals surface area contributed by atoms with Gasteiger partial charge in [0, 0.05) is 6.04 Å². The first-order chi connectivity index (χ1) is 5.55. The van der Waals surface area contributed by atoms with Gasteiger partial charge in [-0.15, -0.1) is 12.4 Å². The number of hydrogen-bond acceptors (Lipinski definition) is 2. The summed E-state index contributed by atoms with van der Waals surface area (Å²) in [5.41, 5.74) is 12.5. The molecule has 0 aliphatic rings. The zero-order valence-corrected chi connectivity index (χ0v) is 8.84. The quantitative estimate of drug-likeness (QED) is 0.763. The molecular weight excluding hydrogens is 184 g/mol. The van der Waals surface area contributed by atoms with E-state index in [1.807, 2.05) is 44.2 Å². The van der Waals surface area contributed by atoms with Crippen molar-refractivity contribution in [1.29, 1.82) is 0 Å². The Kier molecular flexibility index (Phi) is 4.40. The number of benzene rings is 1. The Morgan fingerprint density at radius 3 is 2.08 bits per heavy atom. The minimum absolute atomic E-state index is 0. The van der Waals surface area contributed by atoms with Crippen molar-refractivity contribution in [1.82, 2.24) is 0 Å². The average molecular weight is 201 g/mol. The molecule has 1 aromatic carbocycles. The van der Waals surface area contributed by atoms with Crippen LogP contribution >= 0.6 is 12.4 Å². The third-order valence-electron chi connectivity index (χ3n) is 2.34. The lowest BCUT2D eigenvalue weighted by molar-refractivity contribution is 0.410. The molecule has 0 aliphatic carbocycles. The van der Waals surface area contributed by atoms with Crippen LogP contribution in [-0.4, -0.2) is 6.04 Å². The summed E-state index contributed by atoms with van der Waals surface area (Å²) in [6, 6.07) is 9.89. The molecule has 4 N–H and O–H groups in total. The van der Waals surface area contributed by atoms with Gasteiger partial charge in [-0.3, -0.25) is 0 Å². The Hall–Kier alpha value is -0.570. The van der Waals surface area contributed by atoms with Crippen LogP contribution in [-0.2, 0) is 5.54 Å². The lowest BCUT2D eigenvalue weighted by Gasteiger charge is -2.29. The van der Waals surface area contributed by atoms with E-state index in [9.17, 15) is 0 Å². The lowest BCUT2D eigenvalue weighted by atomic mass is 9.87. The van der Waals surface area contributed by atoms with E-state index in [0.717, 1.165) is 5.56 Å². The Labute approximate surface area is 85.7 Å². The third kappa shape index (κ3) is 2.69. The predicted octanol–water partition coefficient (Wildman–Crippen LogP) is 1.63. The van der Waals surface area contributed by atoms with Gasteiger partial charge >= 0.3 is 0 Å². The topological polar surface area (TPSA) is 52.0 Å². The third-order valence-corrected chi connectivity index (χ3v) is 2.34. The maximum atomic E-state index is 6.06. The number of nitrogens with two attached hydrogens (primary N) is 2. The number of rotatable bonds is 2. The molecule has 13 heavy (non-hydrogen) atoms. The summed E-state index contributed by atoms with van der Waals surface area (Å²) in [5, 5.41) is 0. The summed E-state index contributed by atoms with van der Waals surface area (Å²) in [4.78, 5) is 0. The van der Waals surface area contributed by atoms with Crippen LogP contribution in [0.25, 0.3) is 0 Å². The van der Waals surface area contributed by atoms with Gasteiger partial charge in [-0.05, 0) is 19.4 Å². The minimum atomic E-state index is -0.429. The van der Waals surface area contributed by atoms with Crippen LogP contribution in [0.3, 0.4) is 0 Å². The molecule has 2 atom stereocenters. The van der Waals surface area contributed by atoms with Gasteiger partial charge in [0.15, 0.2) is 0 Å². The van der Waals surface area contributed by atoms with Gasteiger partial charge in [0.25, 0.3) is 0 Å². The van der Waals surface area contributed by atoms with Crippen LogP contribution in [0.5, 0.6) is 0 Å². The smallest absolute Gasteiger partial charge is 0.0531 e. The van der Waals surface area contributed by atoms with Gasteiger partial charge in [0.2, 0.25) is 0 Å². The molecule has 0 saturated carbocycles. The molecule has 1 rings (SSSR count). The fraction of sp³-hybridized carbons (Fsp3) is 0.400. The highest BCUT2D eigenvalue weighted by molar-refractivity contribution is 5.85. The van der Waals surface area contributed by atoms with E-state index in [2.05, 4.69) is 0 Å². The fourth-order valence-corrected chi connectivity index (χ4v) is 1.06. The summed E-state index contributed by atoms with van der Waals surface area (Å²) >= 11 is 0. The zero-order valence-electron chi connectivity index (χ0n) is 8.03. The van der Waals surface area contributed by atoms with E-state index in [4.69, 9.17) is 11.5 Å². The SMILES string of the molecule is CC(N)C(C)(N)c1ccccc1.Cl. The van der Waals surface area contributed by atoms with E-state index in [1.165, 1.54) is 0 Å². The van der Waals surface area contributed by atoms with E-state index in [1.54, 1.807) is 0 Å². The zero-order chi connectivity index (χ0) is 9.19. The lowest BCUT2D eigenvalue weighted by Crippen LogP contribution is -2.48. The molecule has 2 nitrogen and oxygen atoms in total. The van der Waals surface area contributed by atoms with Crippen molar-refractivity contribution >= 4 is 12.4 Å².